The zero-order valence-corrected chi connectivity index (χ0v) is 14.3. The zero-order valence-electron chi connectivity index (χ0n) is 14.3. The molecule has 0 saturated heterocycles. The maximum Gasteiger partial charge on any atom is 0.416 e. The Labute approximate surface area is 154 Å². The topological polar surface area (TPSA) is 39.2 Å². The van der Waals surface area contributed by atoms with Gasteiger partial charge in [-0.3, -0.25) is 9.78 Å². The number of ether oxygens (including phenoxy) is 1. The predicted molar refractivity (Wildman–Crippen MR) is 96.8 cm³/mol. The summed E-state index contributed by atoms with van der Waals surface area (Å²) in [6.45, 7) is 3.45. The van der Waals surface area contributed by atoms with E-state index in [0.29, 0.717) is 24.1 Å². The van der Waals surface area contributed by atoms with Crippen molar-refractivity contribution in [2.24, 2.45) is 0 Å². The van der Waals surface area contributed by atoms with E-state index in [2.05, 4.69) is 11.6 Å². The van der Waals surface area contributed by atoms with Gasteiger partial charge in [0.2, 0.25) is 0 Å². The molecule has 0 saturated carbocycles. The van der Waals surface area contributed by atoms with Crippen LogP contribution in [0.4, 0.5) is 13.2 Å². The lowest BCUT2D eigenvalue weighted by molar-refractivity contribution is -0.137. The zero-order chi connectivity index (χ0) is 19.4. The molecule has 0 spiro atoms. The molecule has 0 atom stereocenters. The Balaban J connectivity index is 1.92. The largest absolute Gasteiger partial charge is 0.457 e. The molecular weight excluding hydrogens is 355 g/mol. The summed E-state index contributed by atoms with van der Waals surface area (Å²) in [6.07, 6.45) is -0.684. The Morgan fingerprint density at radius 3 is 2.56 bits per heavy atom. The monoisotopic (exact) mass is 371 g/mol. The van der Waals surface area contributed by atoms with Crippen molar-refractivity contribution < 1.29 is 22.7 Å². The van der Waals surface area contributed by atoms with Gasteiger partial charge >= 0.3 is 6.18 Å². The van der Waals surface area contributed by atoms with Crippen LogP contribution in [0.25, 0.3) is 10.9 Å². The fourth-order valence-corrected chi connectivity index (χ4v) is 2.64. The number of carbonyl (C=O) groups excluding carboxylic acids is 1. The molecule has 6 heteroatoms. The highest BCUT2D eigenvalue weighted by atomic mass is 19.4. The number of fused-ring (bicyclic) bond motifs is 1. The maximum absolute atomic E-state index is 12.7. The van der Waals surface area contributed by atoms with Crippen molar-refractivity contribution in [1.82, 2.24) is 4.98 Å². The molecule has 0 N–H and O–H groups in total. The van der Waals surface area contributed by atoms with Crippen molar-refractivity contribution in [3.8, 4) is 11.5 Å². The quantitative estimate of drug-likeness (QED) is 0.519. The predicted octanol–water partition coefficient (Wildman–Crippen LogP) is 5.73. The summed E-state index contributed by atoms with van der Waals surface area (Å²) in [7, 11) is 0. The van der Waals surface area contributed by atoms with E-state index < -0.39 is 11.7 Å². The van der Waals surface area contributed by atoms with Gasteiger partial charge in [-0.2, -0.15) is 13.2 Å². The molecule has 1 heterocycles. The number of rotatable bonds is 6. The third-order valence-corrected chi connectivity index (χ3v) is 4.04. The molecule has 0 unspecified atom stereocenters. The average molecular weight is 371 g/mol. The molecule has 0 fully saturated rings. The third kappa shape index (κ3) is 4.53. The number of allylic oxidation sites excluding steroid dienone is 1. The van der Waals surface area contributed by atoms with E-state index in [4.69, 9.17) is 4.74 Å². The van der Waals surface area contributed by atoms with Crippen LogP contribution in [-0.4, -0.2) is 10.8 Å². The van der Waals surface area contributed by atoms with Crippen LogP contribution < -0.4 is 4.74 Å². The maximum atomic E-state index is 12.7. The number of hydrogen-bond donors (Lipinski definition) is 0. The Bertz CT molecular complexity index is 979. The van der Waals surface area contributed by atoms with E-state index in [0.717, 1.165) is 23.1 Å². The fraction of sp³-hybridized carbons (Fsp3) is 0.143. The molecule has 3 rings (SSSR count). The van der Waals surface area contributed by atoms with Crippen molar-refractivity contribution in [2.45, 2.75) is 19.0 Å². The molecular formula is C21H16F3NO2. The molecule has 3 nitrogen and oxygen atoms in total. The Morgan fingerprint density at radius 2 is 1.89 bits per heavy atom. The van der Waals surface area contributed by atoms with Crippen molar-refractivity contribution >= 4 is 16.7 Å². The van der Waals surface area contributed by atoms with Crippen LogP contribution in [0.3, 0.4) is 0 Å². The first-order chi connectivity index (χ1) is 12.9. The molecule has 27 heavy (non-hydrogen) atoms. The highest BCUT2D eigenvalue weighted by Gasteiger charge is 2.30. The van der Waals surface area contributed by atoms with Gasteiger partial charge in [0.15, 0.2) is 5.78 Å². The smallest absolute Gasteiger partial charge is 0.416 e. The summed E-state index contributed by atoms with van der Waals surface area (Å²) < 4.78 is 43.9. The summed E-state index contributed by atoms with van der Waals surface area (Å²) in [5, 5.41) is 0.733. The van der Waals surface area contributed by atoms with E-state index in [-0.39, 0.29) is 11.5 Å². The summed E-state index contributed by atoms with van der Waals surface area (Å²) in [5.74, 6) is 0.690. The van der Waals surface area contributed by atoms with Gasteiger partial charge in [0.1, 0.15) is 11.5 Å². The first kappa shape index (κ1) is 18.6. The van der Waals surface area contributed by atoms with E-state index >= 15 is 0 Å². The first-order valence-electron chi connectivity index (χ1n) is 8.25. The molecule has 138 valence electrons. The second-order valence-electron chi connectivity index (χ2n) is 5.96. The second kappa shape index (κ2) is 7.61. The molecule has 1 aromatic heterocycles. The van der Waals surface area contributed by atoms with Crippen LogP contribution >= 0.6 is 0 Å². The van der Waals surface area contributed by atoms with E-state index in [1.807, 2.05) is 12.1 Å². The van der Waals surface area contributed by atoms with E-state index in [1.165, 1.54) is 18.2 Å². The number of hydrogen-bond acceptors (Lipinski definition) is 3. The molecule has 0 bridgehead atoms. The van der Waals surface area contributed by atoms with Gasteiger partial charge in [0.25, 0.3) is 0 Å². The molecule has 0 aliphatic heterocycles. The normalized spacial score (nSPS) is 11.4. The Morgan fingerprint density at radius 1 is 1.15 bits per heavy atom. The highest BCUT2D eigenvalue weighted by Crippen LogP contribution is 2.34. The van der Waals surface area contributed by atoms with Gasteiger partial charge in [-0.15, -0.1) is 0 Å². The van der Waals surface area contributed by atoms with Gasteiger partial charge in [0.05, 0.1) is 11.1 Å². The summed E-state index contributed by atoms with van der Waals surface area (Å²) >= 11 is 0. The average Bonchev–Trinajstić information content (AvgIpc) is 2.66. The van der Waals surface area contributed by atoms with Crippen molar-refractivity contribution in [3.63, 3.8) is 0 Å². The van der Waals surface area contributed by atoms with Crippen LogP contribution in [0.5, 0.6) is 11.5 Å². The highest BCUT2D eigenvalue weighted by molar-refractivity contribution is 5.89. The minimum atomic E-state index is -4.40. The fourth-order valence-electron chi connectivity index (χ4n) is 2.64. The molecule has 0 aliphatic carbocycles. The lowest BCUT2D eigenvalue weighted by Crippen LogP contribution is -2.04. The number of halogens is 3. The summed E-state index contributed by atoms with van der Waals surface area (Å²) in [6, 6.07) is 11.7. The Kier molecular flexibility index (Phi) is 5.26. The van der Waals surface area contributed by atoms with Gasteiger partial charge in [-0.25, -0.2) is 0 Å². The number of carbonyl (C=O) groups is 1. The SMILES string of the molecule is C=CC(=O)CCc1cc(Oc2ccc(C(F)(F)F)cc2)c2cccnc2c1. The van der Waals surface area contributed by atoms with Gasteiger partial charge in [-0.05, 0) is 66.6 Å². The lowest BCUT2D eigenvalue weighted by Gasteiger charge is -2.12. The summed E-state index contributed by atoms with van der Waals surface area (Å²) in [5.41, 5.74) is 0.791. The number of alkyl halides is 3. The van der Waals surface area contributed by atoms with Crippen molar-refractivity contribution in [3.05, 3.63) is 78.5 Å². The van der Waals surface area contributed by atoms with Crippen LogP contribution in [-0.2, 0) is 17.4 Å². The standard InChI is InChI=1S/C21H16F3NO2/c1-2-16(26)8-5-14-12-19-18(4-3-11-25-19)20(13-14)27-17-9-6-15(7-10-17)21(22,23)24/h2-4,6-7,9-13H,1,5,8H2. The van der Waals surface area contributed by atoms with Crippen LogP contribution in [0, 0.1) is 0 Å². The number of nitrogens with zero attached hydrogens (tertiary/aromatic N) is 1. The van der Waals surface area contributed by atoms with Crippen molar-refractivity contribution in [1.29, 1.82) is 0 Å². The number of aryl methyl sites for hydroxylation is 1. The number of aromatic nitrogens is 1. The van der Waals surface area contributed by atoms with E-state index in [9.17, 15) is 18.0 Å². The summed E-state index contributed by atoms with van der Waals surface area (Å²) in [4.78, 5) is 15.8. The minimum Gasteiger partial charge on any atom is -0.457 e. The van der Waals surface area contributed by atoms with Crippen LogP contribution in [0.1, 0.15) is 17.5 Å². The number of benzene rings is 2. The number of ketones is 1. The van der Waals surface area contributed by atoms with E-state index in [1.54, 1.807) is 18.3 Å². The molecule has 0 radical (unpaired) electrons. The van der Waals surface area contributed by atoms with Crippen molar-refractivity contribution in [2.75, 3.05) is 0 Å². The second-order valence-corrected chi connectivity index (χ2v) is 5.96. The molecule has 2 aromatic carbocycles. The van der Waals surface area contributed by atoms with Crippen LogP contribution in [0.2, 0.25) is 0 Å². The lowest BCUT2D eigenvalue weighted by atomic mass is 10.0. The van der Waals surface area contributed by atoms with Gasteiger partial charge in [0, 0.05) is 18.0 Å². The number of pyridine rings is 1. The first-order valence-corrected chi connectivity index (χ1v) is 8.25. The molecule has 0 amide bonds. The Hall–Kier alpha value is -3.15. The molecule has 3 aromatic rings. The van der Waals surface area contributed by atoms with Crippen LogP contribution in [0.15, 0.2) is 67.4 Å². The van der Waals surface area contributed by atoms with Gasteiger partial charge < -0.3 is 4.74 Å². The minimum absolute atomic E-state index is 0.0682. The molecule has 0 aliphatic rings. The third-order valence-electron chi connectivity index (χ3n) is 4.04. The van der Waals surface area contributed by atoms with Gasteiger partial charge in [-0.1, -0.05) is 6.58 Å².